The number of fused-ring (bicyclic) bond motifs is 1. The molecule has 0 unspecified atom stereocenters. The van der Waals surface area contributed by atoms with E-state index in [2.05, 4.69) is 26.6 Å². The van der Waals surface area contributed by atoms with Crippen LogP contribution in [0.4, 0.5) is 11.4 Å². The summed E-state index contributed by atoms with van der Waals surface area (Å²) in [4.78, 5) is 35.3. The Bertz CT molecular complexity index is 941. The summed E-state index contributed by atoms with van der Waals surface area (Å²) in [5.74, 6) is 0.00635. The van der Waals surface area contributed by atoms with E-state index in [0.29, 0.717) is 41.7 Å². The maximum atomic E-state index is 12.6. The molecule has 0 aliphatic carbocycles. The van der Waals surface area contributed by atoms with Gasteiger partial charge in [-0.15, -0.1) is 0 Å². The van der Waals surface area contributed by atoms with Gasteiger partial charge in [0.05, 0.1) is 5.56 Å². The van der Waals surface area contributed by atoms with E-state index in [-0.39, 0.29) is 24.0 Å². The molecule has 0 aromatic heterocycles. The van der Waals surface area contributed by atoms with Crippen LogP contribution < -0.4 is 20.1 Å². The van der Waals surface area contributed by atoms with Crippen molar-refractivity contribution in [3.05, 3.63) is 45.9 Å². The molecule has 9 heteroatoms. The second-order valence-corrected chi connectivity index (χ2v) is 7.18. The Balaban J connectivity index is 1.77. The lowest BCUT2D eigenvalue weighted by atomic mass is 10.1. The number of carbonyl (C=O) groups excluding carboxylic acids is 3. The Morgan fingerprint density at radius 2 is 1.48 bits per heavy atom. The van der Waals surface area contributed by atoms with Crippen LogP contribution in [0.5, 0.6) is 11.5 Å². The van der Waals surface area contributed by atoms with Gasteiger partial charge in [-0.3, -0.25) is 9.59 Å². The summed E-state index contributed by atoms with van der Waals surface area (Å²) >= 11 is 3.44. The second kappa shape index (κ2) is 8.95. The lowest BCUT2D eigenvalue weighted by molar-refractivity contribution is -0.115. The fourth-order valence-corrected chi connectivity index (χ4v) is 3.18. The third-order valence-corrected chi connectivity index (χ3v) is 4.62. The fraction of sp³-hybridized carbons (Fsp3) is 0.250. The molecule has 0 saturated heterocycles. The van der Waals surface area contributed by atoms with Crippen molar-refractivity contribution in [3.63, 3.8) is 0 Å². The molecular formula is C20H19BrN2O6. The quantitative estimate of drug-likeness (QED) is 0.659. The molecule has 2 N–H and O–H groups in total. The Morgan fingerprint density at radius 1 is 0.931 bits per heavy atom. The van der Waals surface area contributed by atoms with Gasteiger partial charge in [-0.2, -0.15) is 0 Å². The topological polar surface area (TPSA) is 103 Å². The van der Waals surface area contributed by atoms with Crippen LogP contribution in [0.2, 0.25) is 0 Å². The summed E-state index contributed by atoms with van der Waals surface area (Å²) in [6, 6.07) is 8.03. The number of nitrogens with one attached hydrogen (secondary N) is 2. The minimum Gasteiger partial charge on any atom is -0.486 e. The smallest absolute Gasteiger partial charge is 0.338 e. The Kier molecular flexibility index (Phi) is 6.38. The number of anilines is 2. The van der Waals surface area contributed by atoms with E-state index >= 15 is 0 Å². The molecule has 0 saturated carbocycles. The first-order valence-corrected chi connectivity index (χ1v) is 9.56. The molecule has 0 radical (unpaired) electrons. The van der Waals surface area contributed by atoms with Crippen molar-refractivity contribution >= 4 is 45.1 Å². The van der Waals surface area contributed by atoms with Crippen molar-refractivity contribution in [1.82, 2.24) is 0 Å². The lowest BCUT2D eigenvalue weighted by Gasteiger charge is -2.20. The third-order valence-electron chi connectivity index (χ3n) is 3.88. The van der Waals surface area contributed by atoms with Gasteiger partial charge >= 0.3 is 5.97 Å². The Labute approximate surface area is 175 Å². The van der Waals surface area contributed by atoms with E-state index in [1.807, 2.05) is 0 Å². The number of carbonyl (C=O) groups is 3. The van der Waals surface area contributed by atoms with E-state index in [9.17, 15) is 14.4 Å². The SMILES string of the molecule is CC(=O)Nc1cc(NC(C)=O)cc(C(=O)OCc2cc3c(cc2Br)OCCO3)c1. The van der Waals surface area contributed by atoms with E-state index in [1.165, 1.54) is 26.0 Å². The van der Waals surface area contributed by atoms with Gasteiger partial charge in [0.25, 0.3) is 0 Å². The molecule has 8 nitrogen and oxygen atoms in total. The van der Waals surface area contributed by atoms with Crippen molar-refractivity contribution in [3.8, 4) is 11.5 Å². The van der Waals surface area contributed by atoms with Crippen LogP contribution in [0.15, 0.2) is 34.8 Å². The average Bonchev–Trinajstić information content (AvgIpc) is 2.64. The van der Waals surface area contributed by atoms with E-state index in [0.717, 1.165) is 4.47 Å². The van der Waals surface area contributed by atoms with Gasteiger partial charge in [0.1, 0.15) is 19.8 Å². The summed E-state index contributed by atoms with van der Waals surface area (Å²) in [6.45, 7) is 3.63. The molecular weight excluding hydrogens is 444 g/mol. The zero-order valence-electron chi connectivity index (χ0n) is 15.8. The van der Waals surface area contributed by atoms with Crippen LogP contribution in [0.3, 0.4) is 0 Å². The van der Waals surface area contributed by atoms with Crippen LogP contribution in [0.1, 0.15) is 29.8 Å². The number of halogens is 1. The number of rotatable bonds is 5. The van der Waals surface area contributed by atoms with Crippen molar-refractivity contribution in [2.45, 2.75) is 20.5 Å². The zero-order chi connectivity index (χ0) is 21.0. The van der Waals surface area contributed by atoms with Crippen molar-refractivity contribution < 1.29 is 28.6 Å². The third kappa shape index (κ3) is 5.47. The van der Waals surface area contributed by atoms with E-state index in [1.54, 1.807) is 18.2 Å². The number of benzene rings is 2. The molecule has 2 aromatic rings. The second-order valence-electron chi connectivity index (χ2n) is 6.32. The highest BCUT2D eigenvalue weighted by Crippen LogP contribution is 2.36. The normalized spacial score (nSPS) is 12.1. The highest BCUT2D eigenvalue weighted by molar-refractivity contribution is 9.10. The molecule has 152 valence electrons. The van der Waals surface area contributed by atoms with Crippen molar-refractivity contribution in [2.24, 2.45) is 0 Å². The molecule has 2 amide bonds. The van der Waals surface area contributed by atoms with Crippen LogP contribution >= 0.6 is 15.9 Å². The summed E-state index contributed by atoms with van der Waals surface area (Å²) in [5, 5.41) is 5.19. The van der Waals surface area contributed by atoms with Gasteiger partial charge in [-0.1, -0.05) is 15.9 Å². The predicted octanol–water partition coefficient (Wildman–Crippen LogP) is 3.49. The van der Waals surface area contributed by atoms with Gasteiger partial charge in [-0.25, -0.2) is 4.79 Å². The molecule has 0 atom stereocenters. The highest BCUT2D eigenvalue weighted by Gasteiger charge is 2.17. The van der Waals surface area contributed by atoms with Crippen molar-refractivity contribution in [1.29, 1.82) is 0 Å². The predicted molar refractivity (Wildman–Crippen MR) is 109 cm³/mol. The molecule has 29 heavy (non-hydrogen) atoms. The molecule has 1 aliphatic rings. The number of esters is 1. The average molecular weight is 463 g/mol. The summed E-state index contributed by atoms with van der Waals surface area (Å²) < 4.78 is 17.2. The molecule has 0 fully saturated rings. The van der Waals surface area contributed by atoms with Gasteiger partial charge < -0.3 is 24.8 Å². The van der Waals surface area contributed by atoms with Gasteiger partial charge in [0.2, 0.25) is 11.8 Å². The summed E-state index contributed by atoms with van der Waals surface area (Å²) in [5.41, 5.74) is 1.64. The Morgan fingerprint density at radius 3 is 2.03 bits per heavy atom. The number of hydrogen-bond acceptors (Lipinski definition) is 6. The molecule has 0 spiro atoms. The van der Waals surface area contributed by atoms with Gasteiger partial charge in [0.15, 0.2) is 11.5 Å². The van der Waals surface area contributed by atoms with Crippen LogP contribution in [0, 0.1) is 0 Å². The Hall–Kier alpha value is -3.07. The van der Waals surface area contributed by atoms with Gasteiger partial charge in [-0.05, 0) is 30.3 Å². The summed E-state index contributed by atoms with van der Waals surface area (Å²) in [6.07, 6.45) is 0. The minimum atomic E-state index is -0.606. The molecule has 3 rings (SSSR count). The van der Waals surface area contributed by atoms with E-state index < -0.39 is 5.97 Å². The lowest BCUT2D eigenvalue weighted by Crippen LogP contribution is -2.16. The maximum Gasteiger partial charge on any atom is 0.338 e. The largest absolute Gasteiger partial charge is 0.486 e. The molecule has 2 aromatic carbocycles. The van der Waals surface area contributed by atoms with Gasteiger partial charge in [0, 0.05) is 35.3 Å². The van der Waals surface area contributed by atoms with Crippen LogP contribution in [-0.2, 0) is 20.9 Å². The molecule has 0 bridgehead atoms. The zero-order valence-corrected chi connectivity index (χ0v) is 17.4. The summed E-state index contributed by atoms with van der Waals surface area (Å²) in [7, 11) is 0. The first-order valence-electron chi connectivity index (χ1n) is 8.77. The van der Waals surface area contributed by atoms with Crippen molar-refractivity contribution in [2.75, 3.05) is 23.8 Å². The fourth-order valence-electron chi connectivity index (χ4n) is 2.74. The first-order chi connectivity index (χ1) is 13.8. The highest BCUT2D eigenvalue weighted by atomic mass is 79.9. The first kappa shape index (κ1) is 20.7. The number of amides is 2. The maximum absolute atomic E-state index is 12.6. The standard InChI is InChI=1S/C20H19BrN2O6/c1-11(24)22-15-5-13(6-16(8-15)23-12(2)25)20(26)29-10-14-7-18-19(9-17(14)21)28-4-3-27-18/h5-9H,3-4,10H2,1-2H3,(H,22,24)(H,23,25). The number of ether oxygens (including phenoxy) is 3. The van der Waals surface area contributed by atoms with E-state index in [4.69, 9.17) is 14.2 Å². The number of hydrogen-bond donors (Lipinski definition) is 2. The monoisotopic (exact) mass is 462 g/mol. The van der Waals surface area contributed by atoms with Crippen LogP contribution in [-0.4, -0.2) is 31.0 Å². The molecule has 1 heterocycles. The minimum absolute atomic E-state index is 0.00408. The van der Waals surface area contributed by atoms with Crippen LogP contribution in [0.25, 0.3) is 0 Å². The molecule has 1 aliphatic heterocycles.